The first-order chi connectivity index (χ1) is 48.5. The summed E-state index contributed by atoms with van der Waals surface area (Å²) in [5.41, 5.74) is 12.7. The molecular formula is C71H83N15O15. The Morgan fingerprint density at radius 3 is 1.64 bits per heavy atom. The molecule has 3 heterocycles. The van der Waals surface area contributed by atoms with E-state index in [2.05, 4.69) is 68.5 Å². The van der Waals surface area contributed by atoms with E-state index >= 15 is 0 Å². The van der Waals surface area contributed by atoms with Crippen LogP contribution < -0.4 is 70.0 Å². The number of H-pyrrole nitrogens is 1. The fraction of sp³-hybridized carbons (Fsp3) is 0.352. The maximum atomic E-state index is 15.0. The first-order valence-corrected chi connectivity index (χ1v) is 33.1. The van der Waals surface area contributed by atoms with Gasteiger partial charge in [-0.25, -0.2) is 4.98 Å². The van der Waals surface area contributed by atoms with Crippen LogP contribution in [0.2, 0.25) is 0 Å². The van der Waals surface area contributed by atoms with Crippen molar-refractivity contribution >= 4 is 76.7 Å². The summed E-state index contributed by atoms with van der Waals surface area (Å²) in [5.74, 6) is -12.2. The lowest BCUT2D eigenvalue weighted by Crippen LogP contribution is -2.60. The number of aromatic nitrogens is 2. The summed E-state index contributed by atoms with van der Waals surface area (Å²) in [4.78, 5) is 195. The number of nitrogens with two attached hydrogens (primary N) is 2. The zero-order chi connectivity index (χ0) is 72.5. The van der Waals surface area contributed by atoms with Crippen molar-refractivity contribution in [2.75, 3.05) is 19.6 Å². The van der Waals surface area contributed by atoms with Gasteiger partial charge in [-0.05, 0) is 110 Å². The number of hydrogen-bond acceptors (Lipinski definition) is 17. The molecule has 2 aliphatic heterocycles. The van der Waals surface area contributed by atoms with Crippen molar-refractivity contribution in [2.45, 2.75) is 138 Å². The Bertz CT molecular complexity index is 3940. The van der Waals surface area contributed by atoms with Gasteiger partial charge in [-0.2, -0.15) is 0 Å². The molecule has 8 rings (SSSR count). The van der Waals surface area contributed by atoms with Crippen molar-refractivity contribution in [1.82, 2.24) is 68.5 Å². The Hall–Kier alpha value is -11.8. The summed E-state index contributed by atoms with van der Waals surface area (Å²) in [7, 11) is 0. The number of hydrogen-bond donors (Lipinski definition) is 16. The summed E-state index contributed by atoms with van der Waals surface area (Å²) in [6, 6.07) is 17.6. The first-order valence-electron chi connectivity index (χ1n) is 33.1. The Morgan fingerprint density at radius 1 is 0.505 bits per heavy atom. The standard InChI is InChI=1S/C71H83N15O15/c1-40-62(92)80-52-17-9-4-10-19-58(89)45-32-46(34-47(33-45)64(94)86-60(44-15-7-3-8-16-44)71(101)84-54(68(98)78-40)30-42-20-24-49(87)25-21-42)63(93)75-37-57(61(73)91)85-70(100)56(35-48-36-74-39-77-48)83-66(96)51(18-11-12-28-72)79-59(90)38-76-65(95)53(29-41-13-5-2-6-14-41)81-69(99)55(82-67(52)97)31-43-22-26-50(88)27-23-43/h2-3,5-8,13-16,20-27,32-34,36,39-40,51-57,60,87-88H,4,9-12,17-19,28-31,35,37-38,72H2,1H3,(H2,73,91)(H,74,77)(H,75,93)(H,76,95)(H,78,98)(H,79,90)(H,80,92)(H,81,99)(H,82,97)(H,83,96)(H,84,101)(H,85,100)(H,86,94)/t40-,51-,52+,53-,54?,55+,56+,57+,60+/m1/s1. The maximum Gasteiger partial charge on any atom is 0.252 e. The molecule has 1 aromatic heterocycles. The Morgan fingerprint density at radius 2 is 1.04 bits per heavy atom. The highest BCUT2D eigenvalue weighted by molar-refractivity contribution is 6.07. The molecule has 0 spiro atoms. The third-order valence-electron chi connectivity index (χ3n) is 16.9. The number of amides is 12. The van der Waals surface area contributed by atoms with Crippen LogP contribution in [0.3, 0.4) is 0 Å². The van der Waals surface area contributed by atoms with Gasteiger partial charge in [-0.3, -0.25) is 62.3 Å². The SMILES string of the molecule is C[C@H]1NC(=O)C(Cc2ccc(O)cc2)NC(=O)[C@H](c2ccccc2)NC(=O)c2cc3cc(c2)C(=O)NC[C@@H](C(N)=O)NC(=O)[C@H](Cc2c[nH]cn2)NC(=O)[C@@H](CCCCN)NC(=O)CNC(=O)[C@@H](Cc2ccccc2)NC(=O)[C@H](Cc2ccc(O)cc2)NC(=O)[C@H](CCCCCC3=O)NC1=O. The quantitative estimate of drug-likeness (QED) is 0.0627. The maximum absolute atomic E-state index is 15.0. The van der Waals surface area contributed by atoms with Crippen molar-refractivity contribution in [3.05, 3.63) is 185 Å². The molecule has 4 bridgehead atoms. The molecule has 0 fully saturated rings. The van der Waals surface area contributed by atoms with Gasteiger partial charge in [0.25, 0.3) is 11.8 Å². The zero-order valence-electron chi connectivity index (χ0n) is 55.4. The van der Waals surface area contributed by atoms with Gasteiger partial charge in [-0.15, -0.1) is 0 Å². The van der Waals surface area contributed by atoms with E-state index in [1.165, 1.54) is 92.2 Å². The van der Waals surface area contributed by atoms with E-state index in [4.69, 9.17) is 11.5 Å². The Labute approximate surface area is 580 Å². The zero-order valence-corrected chi connectivity index (χ0v) is 55.4. The molecule has 6 aromatic rings. The van der Waals surface area contributed by atoms with E-state index in [9.17, 15) is 72.5 Å². The molecule has 9 atom stereocenters. The molecule has 30 nitrogen and oxygen atoms in total. The average Bonchev–Trinajstić information content (AvgIpc) is 1.18. The topological polar surface area (TPSA) is 475 Å². The molecule has 532 valence electrons. The third kappa shape index (κ3) is 22.6. The summed E-state index contributed by atoms with van der Waals surface area (Å²) < 4.78 is 0. The van der Waals surface area contributed by atoms with Crippen LogP contribution in [0.1, 0.15) is 123 Å². The second-order valence-electron chi connectivity index (χ2n) is 24.7. The predicted molar refractivity (Wildman–Crippen MR) is 365 cm³/mol. The number of fused-ring (bicyclic) bond motifs is 8. The first kappa shape index (κ1) is 75.0. The van der Waals surface area contributed by atoms with Crippen LogP contribution in [0.25, 0.3) is 0 Å². The van der Waals surface area contributed by atoms with Crippen molar-refractivity contribution in [2.24, 2.45) is 11.5 Å². The molecule has 0 radical (unpaired) electrons. The van der Waals surface area contributed by atoms with Crippen molar-refractivity contribution < 1.29 is 72.5 Å². The number of ketones is 1. The van der Waals surface area contributed by atoms with E-state index in [0.717, 1.165) is 6.07 Å². The molecule has 1 unspecified atom stereocenters. The summed E-state index contributed by atoms with van der Waals surface area (Å²) >= 11 is 0. The van der Waals surface area contributed by atoms with Crippen LogP contribution in [0.15, 0.2) is 140 Å². The number of phenolic OH excluding ortho intramolecular Hbond substituents is 2. The highest BCUT2D eigenvalue weighted by Crippen LogP contribution is 2.22. The lowest BCUT2D eigenvalue weighted by atomic mass is 9.97. The number of nitrogens with zero attached hydrogens (tertiary/aromatic N) is 1. The average molecular weight is 1390 g/mol. The lowest BCUT2D eigenvalue weighted by molar-refractivity contribution is -0.135. The number of carbonyl (C=O) groups excluding carboxylic acids is 13. The van der Waals surface area contributed by atoms with E-state index in [0.29, 0.717) is 23.1 Å². The molecule has 0 aliphatic carbocycles. The van der Waals surface area contributed by atoms with Gasteiger partial charge in [0.05, 0.1) is 18.6 Å². The number of carbonyl (C=O) groups is 13. The summed E-state index contributed by atoms with van der Waals surface area (Å²) in [5, 5.41) is 49.3. The normalized spacial score (nSPS) is 22.6. The van der Waals surface area contributed by atoms with Crippen LogP contribution >= 0.6 is 0 Å². The Balaban J connectivity index is 1.22. The van der Waals surface area contributed by atoms with Crippen LogP contribution in [0.4, 0.5) is 0 Å². The number of rotatable bonds is 14. The molecule has 30 heteroatoms. The number of benzene rings is 5. The number of aromatic amines is 1. The van der Waals surface area contributed by atoms with Gasteiger partial charge in [0, 0.05) is 61.5 Å². The number of nitrogens with one attached hydrogen (secondary N) is 12. The van der Waals surface area contributed by atoms with E-state index in [1.54, 1.807) is 48.5 Å². The van der Waals surface area contributed by atoms with Crippen LogP contribution in [-0.2, 0) is 73.6 Å². The van der Waals surface area contributed by atoms with Gasteiger partial charge in [-0.1, -0.05) is 97.8 Å². The smallest absolute Gasteiger partial charge is 0.252 e. The van der Waals surface area contributed by atoms with E-state index in [1.807, 2.05) is 0 Å². The van der Waals surface area contributed by atoms with Crippen LogP contribution in [0, 0.1) is 0 Å². The van der Waals surface area contributed by atoms with Crippen molar-refractivity contribution in [3.63, 3.8) is 0 Å². The lowest BCUT2D eigenvalue weighted by Gasteiger charge is -2.27. The largest absolute Gasteiger partial charge is 0.508 e. The van der Waals surface area contributed by atoms with Gasteiger partial charge in [0.15, 0.2) is 5.78 Å². The summed E-state index contributed by atoms with van der Waals surface area (Å²) in [6.45, 7) is 0.0752. The number of phenols is 2. The highest BCUT2D eigenvalue weighted by Gasteiger charge is 2.36. The van der Waals surface area contributed by atoms with E-state index < -0.39 is 144 Å². The summed E-state index contributed by atoms with van der Waals surface area (Å²) in [6.07, 6.45) is 2.56. The second-order valence-corrected chi connectivity index (χ2v) is 24.7. The second kappa shape index (κ2) is 36.7. The molecule has 2 aliphatic rings. The number of imidazole rings is 1. The fourth-order valence-electron chi connectivity index (χ4n) is 11.3. The third-order valence-corrected chi connectivity index (χ3v) is 16.9. The predicted octanol–water partition coefficient (Wildman–Crippen LogP) is -0.218. The molecular weight excluding hydrogens is 1300 g/mol. The molecule has 18 N–H and O–H groups in total. The molecule has 101 heavy (non-hydrogen) atoms. The highest BCUT2D eigenvalue weighted by atomic mass is 16.3. The molecule has 0 saturated carbocycles. The minimum absolute atomic E-state index is 0.0289. The minimum atomic E-state index is -1.69. The van der Waals surface area contributed by atoms with Gasteiger partial charge >= 0.3 is 0 Å². The Kier molecular flexibility index (Phi) is 27.2. The van der Waals surface area contributed by atoms with Gasteiger partial charge < -0.3 is 85.1 Å². The van der Waals surface area contributed by atoms with Crippen molar-refractivity contribution in [3.8, 4) is 11.5 Å². The van der Waals surface area contributed by atoms with Gasteiger partial charge in [0.1, 0.15) is 65.9 Å². The van der Waals surface area contributed by atoms with Crippen molar-refractivity contribution in [1.29, 1.82) is 0 Å². The fourth-order valence-corrected chi connectivity index (χ4v) is 11.3. The van der Waals surface area contributed by atoms with Crippen LogP contribution in [0.5, 0.6) is 11.5 Å². The van der Waals surface area contributed by atoms with Gasteiger partial charge in [0.2, 0.25) is 59.1 Å². The van der Waals surface area contributed by atoms with Crippen LogP contribution in [-0.4, -0.2) is 165 Å². The van der Waals surface area contributed by atoms with E-state index in [-0.39, 0.29) is 117 Å². The number of primary amides is 1. The molecule has 12 amide bonds. The molecule has 0 saturated heterocycles. The molecule has 5 aromatic carbocycles. The monoisotopic (exact) mass is 1390 g/mol. The number of aromatic hydroxyl groups is 2. The number of Topliss-reactive ketones (excluding diaryl/α,β-unsaturated/α-hetero) is 1. The number of unbranched alkanes of at least 4 members (excludes halogenated alkanes) is 1. The minimum Gasteiger partial charge on any atom is -0.508 e.